The van der Waals surface area contributed by atoms with Crippen LogP contribution in [0.25, 0.3) is 11.5 Å². The van der Waals surface area contributed by atoms with Gasteiger partial charge in [-0.25, -0.2) is 4.79 Å². The summed E-state index contributed by atoms with van der Waals surface area (Å²) in [6.45, 7) is 0.673. The highest BCUT2D eigenvalue weighted by molar-refractivity contribution is 5.96. The summed E-state index contributed by atoms with van der Waals surface area (Å²) in [6, 6.07) is 3.27. The van der Waals surface area contributed by atoms with Gasteiger partial charge in [-0.3, -0.25) is 14.9 Å². The van der Waals surface area contributed by atoms with Crippen LogP contribution in [0, 0.1) is 0 Å². The molecule has 0 spiro atoms. The first-order valence-corrected chi connectivity index (χ1v) is 7.82. The topological polar surface area (TPSA) is 122 Å². The average Bonchev–Trinajstić information content (AvgIpc) is 3.20. The number of rotatable bonds is 6. The summed E-state index contributed by atoms with van der Waals surface area (Å²) < 4.78 is 6.98. The van der Waals surface area contributed by atoms with Gasteiger partial charge in [0.1, 0.15) is 0 Å². The number of aromatic nitrogens is 3. The Bertz CT molecular complexity index is 796. The van der Waals surface area contributed by atoms with Crippen molar-refractivity contribution in [1.82, 2.24) is 30.2 Å². The number of imide groups is 1. The molecule has 10 nitrogen and oxygen atoms in total. The second-order valence-electron chi connectivity index (χ2n) is 5.63. The van der Waals surface area contributed by atoms with Crippen LogP contribution in [0.3, 0.4) is 0 Å². The van der Waals surface area contributed by atoms with Crippen LogP contribution in [0.15, 0.2) is 22.9 Å². The Morgan fingerprint density at radius 1 is 1.44 bits per heavy atom. The summed E-state index contributed by atoms with van der Waals surface area (Å²) in [5.41, 5.74) is 0.812. The first-order valence-electron chi connectivity index (χ1n) is 7.82. The lowest BCUT2D eigenvalue weighted by atomic mass is 10.3. The molecule has 1 fully saturated rings. The molecule has 0 radical (unpaired) electrons. The Hall–Kier alpha value is -3.17. The molecule has 2 N–H and O–H groups in total. The van der Waals surface area contributed by atoms with Crippen molar-refractivity contribution >= 4 is 17.8 Å². The average molecular weight is 346 g/mol. The van der Waals surface area contributed by atoms with Crippen LogP contribution >= 0.6 is 0 Å². The number of carbonyl (C=O) groups excluding carboxylic acids is 3. The molecule has 0 aliphatic carbocycles. The molecule has 0 bridgehead atoms. The number of urea groups is 1. The van der Waals surface area contributed by atoms with Gasteiger partial charge in [0.25, 0.3) is 0 Å². The molecule has 3 rings (SSSR count). The summed E-state index contributed by atoms with van der Waals surface area (Å²) in [6.07, 6.45) is 2.25. The monoisotopic (exact) mass is 346 g/mol. The molecule has 2 aromatic rings. The van der Waals surface area contributed by atoms with Gasteiger partial charge in [-0.1, -0.05) is 5.16 Å². The minimum absolute atomic E-state index is 0.112. The van der Waals surface area contributed by atoms with Crippen molar-refractivity contribution in [3.8, 4) is 11.5 Å². The molecule has 2 aromatic heterocycles. The Morgan fingerprint density at radius 3 is 3.00 bits per heavy atom. The number of amides is 4. The molecular weight excluding hydrogens is 328 g/mol. The summed E-state index contributed by atoms with van der Waals surface area (Å²) >= 11 is 0. The SMILES string of the molecule is Cn1cccc1-c1noc(CNC(=O)CCN2CCC(=O)NC2=O)n1. The molecule has 25 heavy (non-hydrogen) atoms. The Kier molecular flexibility index (Phi) is 4.78. The quantitative estimate of drug-likeness (QED) is 0.760. The van der Waals surface area contributed by atoms with Crippen molar-refractivity contribution < 1.29 is 18.9 Å². The molecule has 1 aliphatic rings. The molecule has 3 heterocycles. The number of hydrogen-bond acceptors (Lipinski definition) is 6. The fourth-order valence-electron chi connectivity index (χ4n) is 2.44. The number of hydrogen-bond donors (Lipinski definition) is 2. The molecule has 0 unspecified atom stereocenters. The molecule has 132 valence electrons. The number of aryl methyl sites for hydroxylation is 1. The van der Waals surface area contributed by atoms with E-state index < -0.39 is 6.03 Å². The fourth-order valence-corrected chi connectivity index (χ4v) is 2.44. The summed E-state index contributed by atoms with van der Waals surface area (Å²) in [7, 11) is 1.87. The van der Waals surface area contributed by atoms with Crippen molar-refractivity contribution in [2.45, 2.75) is 19.4 Å². The molecule has 1 saturated heterocycles. The molecule has 10 heteroatoms. The zero-order valence-corrected chi connectivity index (χ0v) is 13.7. The number of nitrogens with zero attached hydrogens (tertiary/aromatic N) is 4. The normalized spacial score (nSPS) is 14.5. The van der Waals surface area contributed by atoms with E-state index in [4.69, 9.17) is 4.52 Å². The maximum absolute atomic E-state index is 11.9. The van der Waals surface area contributed by atoms with Crippen LogP contribution in [-0.2, 0) is 23.2 Å². The number of carbonyl (C=O) groups is 3. The van der Waals surface area contributed by atoms with Crippen molar-refractivity contribution in [1.29, 1.82) is 0 Å². The van der Waals surface area contributed by atoms with E-state index in [0.717, 1.165) is 5.69 Å². The van der Waals surface area contributed by atoms with Gasteiger partial charge in [0.05, 0.1) is 12.2 Å². The molecular formula is C15H18N6O4. The maximum atomic E-state index is 11.9. The zero-order valence-electron chi connectivity index (χ0n) is 13.7. The van der Waals surface area contributed by atoms with Gasteiger partial charge < -0.3 is 19.3 Å². The lowest BCUT2D eigenvalue weighted by molar-refractivity contribution is -0.121. The van der Waals surface area contributed by atoms with Crippen molar-refractivity contribution in [2.75, 3.05) is 13.1 Å². The standard InChI is InChI=1S/C15H18N6O4/c1-20-6-2-3-10(20)14-18-13(25-19-14)9-16-11(22)4-7-21-8-5-12(23)17-15(21)24/h2-3,6H,4-5,7-9H2,1H3,(H,16,22)(H,17,23,24). The van der Waals surface area contributed by atoms with Crippen molar-refractivity contribution in [3.05, 3.63) is 24.2 Å². The third-order valence-electron chi connectivity index (χ3n) is 3.83. The highest BCUT2D eigenvalue weighted by atomic mass is 16.5. The van der Waals surface area contributed by atoms with Gasteiger partial charge >= 0.3 is 6.03 Å². The molecule has 0 atom stereocenters. The third kappa shape index (κ3) is 4.03. The summed E-state index contributed by atoms with van der Waals surface area (Å²) in [5, 5.41) is 8.76. The minimum atomic E-state index is -0.465. The fraction of sp³-hybridized carbons (Fsp3) is 0.400. The van der Waals surface area contributed by atoms with Crippen LogP contribution in [-0.4, -0.2) is 50.5 Å². The van der Waals surface area contributed by atoms with E-state index in [1.165, 1.54) is 4.90 Å². The largest absolute Gasteiger partial charge is 0.348 e. The van der Waals surface area contributed by atoms with Crippen LogP contribution < -0.4 is 10.6 Å². The van der Waals surface area contributed by atoms with Crippen molar-refractivity contribution in [2.24, 2.45) is 7.05 Å². The molecule has 1 aliphatic heterocycles. The predicted molar refractivity (Wildman–Crippen MR) is 84.9 cm³/mol. The lowest BCUT2D eigenvalue weighted by Gasteiger charge is -2.26. The maximum Gasteiger partial charge on any atom is 0.324 e. The first-order chi connectivity index (χ1) is 12.0. The third-order valence-corrected chi connectivity index (χ3v) is 3.83. The molecule has 4 amide bonds. The van der Waals surface area contributed by atoms with E-state index in [1.54, 1.807) is 0 Å². The van der Waals surface area contributed by atoms with Gasteiger partial charge in [-0.05, 0) is 12.1 Å². The van der Waals surface area contributed by atoms with Gasteiger partial charge in [0.15, 0.2) is 0 Å². The van der Waals surface area contributed by atoms with E-state index in [-0.39, 0.29) is 37.7 Å². The van der Waals surface area contributed by atoms with Crippen LogP contribution in [0.5, 0.6) is 0 Å². The van der Waals surface area contributed by atoms with Crippen molar-refractivity contribution in [3.63, 3.8) is 0 Å². The summed E-state index contributed by atoms with van der Waals surface area (Å²) in [5.74, 6) is 0.205. The van der Waals surface area contributed by atoms with Crippen LogP contribution in [0.2, 0.25) is 0 Å². The lowest BCUT2D eigenvalue weighted by Crippen LogP contribution is -2.50. The molecule has 0 aromatic carbocycles. The van der Waals surface area contributed by atoms with Gasteiger partial charge in [0.2, 0.25) is 23.5 Å². The Morgan fingerprint density at radius 2 is 2.28 bits per heavy atom. The predicted octanol–water partition coefficient (Wildman–Crippen LogP) is 0.0233. The van der Waals surface area contributed by atoms with Crippen LogP contribution in [0.1, 0.15) is 18.7 Å². The molecule has 0 saturated carbocycles. The Balaban J connectivity index is 1.45. The highest BCUT2D eigenvalue weighted by Gasteiger charge is 2.23. The van der Waals surface area contributed by atoms with Gasteiger partial charge in [-0.2, -0.15) is 4.98 Å². The number of nitrogens with one attached hydrogen (secondary N) is 2. The summed E-state index contributed by atoms with van der Waals surface area (Å²) in [4.78, 5) is 40.2. The second-order valence-corrected chi connectivity index (χ2v) is 5.63. The van der Waals surface area contributed by atoms with E-state index >= 15 is 0 Å². The van der Waals surface area contributed by atoms with Gasteiger partial charge in [-0.15, -0.1) is 0 Å². The zero-order chi connectivity index (χ0) is 17.8. The first kappa shape index (κ1) is 16.7. The van der Waals surface area contributed by atoms with Crippen LogP contribution in [0.4, 0.5) is 4.79 Å². The highest BCUT2D eigenvalue weighted by Crippen LogP contribution is 2.15. The van der Waals surface area contributed by atoms with Gasteiger partial charge in [0, 0.05) is 39.2 Å². The van der Waals surface area contributed by atoms with E-state index in [2.05, 4.69) is 20.8 Å². The minimum Gasteiger partial charge on any atom is -0.348 e. The van der Waals surface area contributed by atoms with E-state index in [0.29, 0.717) is 18.3 Å². The van der Waals surface area contributed by atoms with E-state index in [1.807, 2.05) is 29.9 Å². The second kappa shape index (κ2) is 7.16. The smallest absolute Gasteiger partial charge is 0.324 e. The Labute approximate surface area is 143 Å². The van der Waals surface area contributed by atoms with E-state index in [9.17, 15) is 14.4 Å².